The van der Waals surface area contributed by atoms with Crippen LogP contribution in [-0.2, 0) is 0 Å². The van der Waals surface area contributed by atoms with Crippen LogP contribution in [0.2, 0.25) is 0 Å². The molecule has 2 heteroatoms. The number of fused-ring (bicyclic) bond motifs is 1. The van der Waals surface area contributed by atoms with E-state index in [-0.39, 0.29) is 4.74 Å². The van der Waals surface area contributed by atoms with Gasteiger partial charge in [-0.05, 0) is 29.8 Å². The fourth-order valence-electron chi connectivity index (χ4n) is 1.22. The van der Waals surface area contributed by atoms with E-state index in [2.05, 4.69) is 0 Å². The van der Waals surface area contributed by atoms with E-state index in [0.29, 0.717) is 0 Å². The molecule has 0 amide bonds. The molecule has 0 bridgehead atoms. The minimum Gasteiger partial charge on any atom is -0.277 e. The first-order valence-electron chi connectivity index (χ1n) is 3.75. The molecule has 1 nitrogen and oxygen atoms in total. The topological polar surface area (TPSA) is 17.1 Å². The Kier molecular flexibility index (Phi) is 1.70. The van der Waals surface area contributed by atoms with Gasteiger partial charge in [0.2, 0.25) is 4.74 Å². The monoisotopic (exact) mass is 176 g/mol. The predicted molar refractivity (Wildman–Crippen MR) is 52.8 cm³/mol. The molecule has 0 N–H and O–H groups in total. The van der Waals surface area contributed by atoms with Crippen molar-refractivity contribution in [1.82, 2.24) is 0 Å². The van der Waals surface area contributed by atoms with Gasteiger partial charge in [0.15, 0.2) is 0 Å². The molecule has 2 aromatic rings. The first-order chi connectivity index (χ1) is 5.77. The summed E-state index contributed by atoms with van der Waals surface area (Å²) < 4.78 is 0.149. The highest BCUT2D eigenvalue weighted by Crippen LogP contribution is 2.12. The Morgan fingerprint density at radius 1 is 1.25 bits per heavy atom. The van der Waals surface area contributed by atoms with Gasteiger partial charge >= 0.3 is 0 Å². The van der Waals surface area contributed by atoms with E-state index in [4.69, 9.17) is 0 Å². The van der Waals surface area contributed by atoms with Crippen LogP contribution in [0.3, 0.4) is 0 Å². The first kappa shape index (κ1) is 7.50. The zero-order valence-corrected chi connectivity index (χ0v) is 7.52. The summed E-state index contributed by atoms with van der Waals surface area (Å²) in [6.45, 7) is 2.00. The lowest BCUT2D eigenvalue weighted by molar-refractivity contribution is 1.51. The molecule has 0 spiro atoms. The second-order valence-corrected chi connectivity index (χ2v) is 3.68. The van der Waals surface area contributed by atoms with Gasteiger partial charge in [-0.3, -0.25) is 4.79 Å². The smallest absolute Gasteiger partial charge is 0.240 e. The lowest BCUT2D eigenvalue weighted by Gasteiger charge is -1.95. The molecule has 0 radical (unpaired) electrons. The van der Waals surface area contributed by atoms with E-state index in [9.17, 15) is 4.79 Å². The molecule has 12 heavy (non-hydrogen) atoms. The molecular formula is C10H8OS. The van der Waals surface area contributed by atoms with E-state index in [0.717, 1.165) is 16.3 Å². The third-order valence-corrected chi connectivity index (χ3v) is 2.56. The number of benzene rings is 1. The van der Waals surface area contributed by atoms with E-state index in [1.54, 1.807) is 0 Å². The predicted octanol–water partition coefficient (Wildman–Crippen LogP) is 2.57. The number of rotatable bonds is 0. The Morgan fingerprint density at radius 2 is 2.08 bits per heavy atom. The van der Waals surface area contributed by atoms with Crippen LogP contribution in [0, 0.1) is 6.92 Å². The second kappa shape index (κ2) is 2.72. The van der Waals surface area contributed by atoms with Crippen LogP contribution in [0.15, 0.2) is 34.4 Å². The standard InChI is InChI=1S/C10H8OS/c1-7-2-3-8-4-5-12-10(11)9(8)6-7/h2-6H,1H3. The van der Waals surface area contributed by atoms with Crippen molar-refractivity contribution in [1.29, 1.82) is 0 Å². The number of aryl methyl sites for hydroxylation is 1. The molecule has 1 aromatic heterocycles. The van der Waals surface area contributed by atoms with Crippen LogP contribution >= 0.6 is 11.3 Å². The van der Waals surface area contributed by atoms with Crippen LogP contribution in [0.5, 0.6) is 0 Å². The number of hydrogen-bond donors (Lipinski definition) is 0. The SMILES string of the molecule is Cc1ccc2ccsc(=O)c2c1. The molecule has 0 aliphatic heterocycles. The minimum atomic E-state index is 0.149. The average molecular weight is 176 g/mol. The maximum atomic E-state index is 11.3. The fraction of sp³-hybridized carbons (Fsp3) is 0.100. The van der Waals surface area contributed by atoms with E-state index < -0.39 is 0 Å². The molecule has 0 unspecified atom stereocenters. The van der Waals surface area contributed by atoms with Crippen LogP contribution in [0.1, 0.15) is 5.56 Å². The lowest BCUT2D eigenvalue weighted by Crippen LogP contribution is -1.93. The van der Waals surface area contributed by atoms with Gasteiger partial charge < -0.3 is 0 Å². The summed E-state index contributed by atoms with van der Waals surface area (Å²) in [5.74, 6) is 0. The van der Waals surface area contributed by atoms with Crippen molar-refractivity contribution >= 4 is 22.1 Å². The molecule has 0 fully saturated rings. The van der Waals surface area contributed by atoms with Gasteiger partial charge in [0.25, 0.3) is 0 Å². The van der Waals surface area contributed by atoms with Gasteiger partial charge in [-0.2, -0.15) is 0 Å². The second-order valence-electron chi connectivity index (χ2n) is 2.80. The summed E-state index contributed by atoms with van der Waals surface area (Å²) in [5, 5.41) is 3.70. The molecule has 0 saturated heterocycles. The Labute approximate surface area is 74.3 Å². The van der Waals surface area contributed by atoms with Crippen molar-refractivity contribution < 1.29 is 0 Å². The molecule has 60 valence electrons. The third kappa shape index (κ3) is 1.14. The number of hydrogen-bond acceptors (Lipinski definition) is 2. The quantitative estimate of drug-likeness (QED) is 0.603. The molecule has 1 aromatic carbocycles. The van der Waals surface area contributed by atoms with Crippen molar-refractivity contribution in [3.63, 3.8) is 0 Å². The summed E-state index contributed by atoms with van der Waals surface area (Å²) in [5.41, 5.74) is 1.14. The van der Waals surface area contributed by atoms with Gasteiger partial charge in [0.05, 0.1) is 0 Å². The largest absolute Gasteiger partial charge is 0.277 e. The maximum absolute atomic E-state index is 11.3. The lowest BCUT2D eigenvalue weighted by atomic mass is 10.1. The highest BCUT2D eigenvalue weighted by molar-refractivity contribution is 7.07. The van der Waals surface area contributed by atoms with Gasteiger partial charge in [-0.15, -0.1) is 11.3 Å². The van der Waals surface area contributed by atoms with Crippen molar-refractivity contribution in [2.75, 3.05) is 0 Å². The molecule has 1 heterocycles. The summed E-state index contributed by atoms with van der Waals surface area (Å²) in [6, 6.07) is 7.92. The molecule has 0 atom stereocenters. The van der Waals surface area contributed by atoms with Crippen LogP contribution in [-0.4, -0.2) is 0 Å². The van der Waals surface area contributed by atoms with E-state index in [1.165, 1.54) is 11.3 Å². The van der Waals surface area contributed by atoms with Crippen molar-refractivity contribution in [2.45, 2.75) is 6.92 Å². The Morgan fingerprint density at radius 3 is 2.92 bits per heavy atom. The van der Waals surface area contributed by atoms with E-state index >= 15 is 0 Å². The molecule has 0 aliphatic rings. The van der Waals surface area contributed by atoms with Crippen LogP contribution in [0.4, 0.5) is 0 Å². The zero-order chi connectivity index (χ0) is 8.55. The highest BCUT2D eigenvalue weighted by atomic mass is 32.1. The van der Waals surface area contributed by atoms with Crippen LogP contribution < -0.4 is 4.74 Å². The normalized spacial score (nSPS) is 10.4. The fourth-order valence-corrected chi connectivity index (χ4v) is 1.87. The third-order valence-electron chi connectivity index (χ3n) is 1.85. The van der Waals surface area contributed by atoms with Crippen molar-refractivity contribution in [3.05, 3.63) is 44.7 Å². The molecule has 0 aliphatic carbocycles. The van der Waals surface area contributed by atoms with Gasteiger partial charge in [0.1, 0.15) is 0 Å². The van der Waals surface area contributed by atoms with Gasteiger partial charge in [-0.1, -0.05) is 17.7 Å². The van der Waals surface area contributed by atoms with Gasteiger partial charge in [0, 0.05) is 5.39 Å². The summed E-state index contributed by atoms with van der Waals surface area (Å²) >= 11 is 1.25. The maximum Gasteiger partial charge on any atom is 0.240 e. The van der Waals surface area contributed by atoms with Gasteiger partial charge in [-0.25, -0.2) is 0 Å². The van der Waals surface area contributed by atoms with Crippen molar-refractivity contribution in [2.24, 2.45) is 0 Å². The summed E-state index contributed by atoms with van der Waals surface area (Å²) in [4.78, 5) is 11.3. The summed E-state index contributed by atoms with van der Waals surface area (Å²) in [7, 11) is 0. The van der Waals surface area contributed by atoms with E-state index in [1.807, 2.05) is 36.6 Å². The Hall–Kier alpha value is -1.15. The Balaban J connectivity index is 2.98. The molecular weight excluding hydrogens is 168 g/mol. The Bertz CT molecular complexity index is 470. The molecule has 0 saturated carbocycles. The molecule has 2 rings (SSSR count). The zero-order valence-electron chi connectivity index (χ0n) is 6.70. The van der Waals surface area contributed by atoms with Crippen LogP contribution in [0.25, 0.3) is 10.8 Å². The van der Waals surface area contributed by atoms with Crippen molar-refractivity contribution in [3.8, 4) is 0 Å². The average Bonchev–Trinajstić information content (AvgIpc) is 2.07. The highest BCUT2D eigenvalue weighted by Gasteiger charge is 1.96. The first-order valence-corrected chi connectivity index (χ1v) is 4.63. The minimum absolute atomic E-state index is 0.149. The summed E-state index contributed by atoms with van der Waals surface area (Å²) in [6.07, 6.45) is 0.